The van der Waals surface area contributed by atoms with Gasteiger partial charge in [-0.05, 0) is 35.9 Å². The van der Waals surface area contributed by atoms with Crippen LogP contribution < -0.4 is 10.3 Å². The molecular weight excluding hydrogens is 362 g/mol. The molecule has 6 nitrogen and oxygen atoms in total. The summed E-state index contributed by atoms with van der Waals surface area (Å²) < 4.78 is 1.66. The number of amides is 1. The van der Waals surface area contributed by atoms with Gasteiger partial charge in [0.15, 0.2) is 0 Å². The molecule has 1 heterocycles. The van der Waals surface area contributed by atoms with Gasteiger partial charge in [0, 0.05) is 25.2 Å². The smallest absolute Gasteiger partial charge is 0.290 e. The van der Waals surface area contributed by atoms with Gasteiger partial charge < -0.3 is 4.90 Å². The predicted octanol–water partition coefficient (Wildman–Crippen LogP) is 4.00. The number of anilines is 1. The van der Waals surface area contributed by atoms with Gasteiger partial charge in [-0.2, -0.15) is 10.2 Å². The molecule has 1 N–H and O–H groups in total. The monoisotopic (exact) mass is 389 g/mol. The molecule has 0 saturated heterocycles. The number of nitrogens with one attached hydrogen (secondary N) is 1. The molecule has 0 saturated carbocycles. The third-order valence-electron chi connectivity index (χ3n) is 4.50. The first-order chi connectivity index (χ1) is 13.8. The van der Waals surface area contributed by atoms with E-state index >= 15 is 0 Å². The summed E-state index contributed by atoms with van der Waals surface area (Å²) in [7, 11) is 3.98. The van der Waals surface area contributed by atoms with Gasteiger partial charge >= 0.3 is 0 Å². The van der Waals surface area contributed by atoms with Crippen LogP contribution in [0.4, 0.5) is 5.69 Å². The average molecular weight is 390 g/mol. The SMILES string of the molecule is CN(C)c1ccc(C=NNC(=O)c2cc(C(C)(C)C)nn2-c2ccccc2)cc1. The van der Waals surface area contributed by atoms with Crippen molar-refractivity contribution in [3.63, 3.8) is 0 Å². The minimum atomic E-state index is -0.307. The van der Waals surface area contributed by atoms with Crippen LogP contribution in [0.3, 0.4) is 0 Å². The third-order valence-corrected chi connectivity index (χ3v) is 4.50. The van der Waals surface area contributed by atoms with Crippen LogP contribution in [0.25, 0.3) is 5.69 Å². The lowest BCUT2D eigenvalue weighted by Gasteiger charge is -2.14. The zero-order valence-electron chi connectivity index (χ0n) is 17.5. The zero-order chi connectivity index (χ0) is 21.0. The second-order valence-corrected chi connectivity index (χ2v) is 8.10. The highest BCUT2D eigenvalue weighted by atomic mass is 16.2. The number of carbonyl (C=O) groups excluding carboxylic acids is 1. The van der Waals surface area contributed by atoms with Crippen molar-refractivity contribution >= 4 is 17.8 Å². The molecular formula is C23H27N5O. The summed E-state index contributed by atoms with van der Waals surface area (Å²) >= 11 is 0. The molecule has 0 atom stereocenters. The molecule has 0 aliphatic rings. The summed E-state index contributed by atoms with van der Waals surface area (Å²) in [5.41, 5.74) is 6.57. The minimum absolute atomic E-state index is 0.174. The van der Waals surface area contributed by atoms with Gasteiger partial charge in [-0.15, -0.1) is 0 Å². The van der Waals surface area contributed by atoms with Gasteiger partial charge in [0.2, 0.25) is 0 Å². The van der Waals surface area contributed by atoms with E-state index in [2.05, 4.69) is 36.4 Å². The normalized spacial score (nSPS) is 11.6. The molecule has 0 bridgehead atoms. The van der Waals surface area contributed by atoms with Crippen molar-refractivity contribution in [2.45, 2.75) is 26.2 Å². The number of benzene rings is 2. The number of hydrogen-bond donors (Lipinski definition) is 1. The second-order valence-electron chi connectivity index (χ2n) is 8.10. The van der Waals surface area contributed by atoms with Crippen LogP contribution >= 0.6 is 0 Å². The Balaban J connectivity index is 1.82. The average Bonchev–Trinajstić information content (AvgIpc) is 3.15. The van der Waals surface area contributed by atoms with Crippen LogP contribution in [-0.2, 0) is 5.41 Å². The van der Waals surface area contributed by atoms with Gasteiger partial charge in [-0.3, -0.25) is 4.79 Å². The van der Waals surface area contributed by atoms with Gasteiger partial charge in [-0.25, -0.2) is 10.1 Å². The summed E-state index contributed by atoms with van der Waals surface area (Å²) in [5, 5.41) is 8.78. The second kappa shape index (κ2) is 8.31. The third kappa shape index (κ3) is 4.90. The van der Waals surface area contributed by atoms with E-state index in [0.717, 1.165) is 22.6 Å². The number of rotatable bonds is 5. The molecule has 3 aromatic rings. The molecule has 0 aliphatic carbocycles. The summed E-state index contributed by atoms with van der Waals surface area (Å²) in [6.45, 7) is 6.21. The standard InChI is InChI=1S/C23H27N5O/c1-23(2,3)21-15-20(28(26-21)19-9-7-6-8-10-19)22(29)25-24-16-17-11-13-18(14-12-17)27(4)5/h6-16H,1-5H3,(H,25,29). The van der Waals surface area contributed by atoms with Gasteiger partial charge in [0.05, 0.1) is 17.6 Å². The molecule has 0 aliphatic heterocycles. The Morgan fingerprint density at radius 3 is 2.31 bits per heavy atom. The van der Waals surface area contributed by atoms with Crippen molar-refractivity contribution in [2.24, 2.45) is 5.10 Å². The van der Waals surface area contributed by atoms with Crippen molar-refractivity contribution < 1.29 is 4.79 Å². The lowest BCUT2D eigenvalue weighted by Crippen LogP contribution is -2.21. The minimum Gasteiger partial charge on any atom is -0.378 e. The lowest BCUT2D eigenvalue weighted by atomic mass is 9.92. The first kappa shape index (κ1) is 20.3. The van der Waals surface area contributed by atoms with E-state index in [1.165, 1.54) is 0 Å². The number of aromatic nitrogens is 2. The fraction of sp³-hybridized carbons (Fsp3) is 0.261. The Labute approximate surface area is 171 Å². The largest absolute Gasteiger partial charge is 0.378 e. The summed E-state index contributed by atoms with van der Waals surface area (Å²) in [4.78, 5) is 14.8. The van der Waals surface area contributed by atoms with E-state index in [1.54, 1.807) is 10.9 Å². The Bertz CT molecular complexity index is 996. The van der Waals surface area contributed by atoms with Crippen molar-refractivity contribution in [1.82, 2.24) is 15.2 Å². The number of hydrogen-bond acceptors (Lipinski definition) is 4. The van der Waals surface area contributed by atoms with E-state index in [9.17, 15) is 4.79 Å². The molecule has 1 amide bonds. The van der Waals surface area contributed by atoms with Crippen molar-refractivity contribution in [3.05, 3.63) is 77.6 Å². The molecule has 0 unspecified atom stereocenters. The Hall–Kier alpha value is -3.41. The van der Waals surface area contributed by atoms with Gasteiger partial charge in [0.25, 0.3) is 5.91 Å². The van der Waals surface area contributed by atoms with Gasteiger partial charge in [0.1, 0.15) is 5.69 Å². The van der Waals surface area contributed by atoms with Crippen LogP contribution in [0.5, 0.6) is 0 Å². The zero-order valence-corrected chi connectivity index (χ0v) is 17.5. The highest BCUT2D eigenvalue weighted by molar-refractivity contribution is 5.94. The summed E-state index contributed by atoms with van der Waals surface area (Å²) in [6, 6.07) is 19.4. The molecule has 6 heteroatoms. The van der Waals surface area contributed by atoms with Gasteiger partial charge in [-0.1, -0.05) is 51.1 Å². The van der Waals surface area contributed by atoms with E-state index in [1.807, 2.05) is 79.7 Å². The topological polar surface area (TPSA) is 62.5 Å². The van der Waals surface area contributed by atoms with Crippen LogP contribution in [0, 0.1) is 0 Å². The lowest BCUT2D eigenvalue weighted by molar-refractivity contribution is 0.0947. The van der Waals surface area contributed by atoms with Crippen LogP contribution in [0.1, 0.15) is 42.5 Å². The highest BCUT2D eigenvalue weighted by Gasteiger charge is 2.23. The molecule has 150 valence electrons. The van der Waals surface area contributed by atoms with Crippen LogP contribution in [-0.4, -0.2) is 36.0 Å². The number of para-hydroxylation sites is 1. The quantitative estimate of drug-likeness (QED) is 0.530. The molecule has 3 rings (SSSR count). The molecule has 0 spiro atoms. The fourth-order valence-electron chi connectivity index (χ4n) is 2.76. The maximum Gasteiger partial charge on any atom is 0.290 e. The molecule has 1 aromatic heterocycles. The number of hydrazone groups is 1. The number of carbonyl (C=O) groups is 1. The first-order valence-corrected chi connectivity index (χ1v) is 9.52. The van der Waals surface area contributed by atoms with Crippen LogP contribution in [0.2, 0.25) is 0 Å². The van der Waals surface area contributed by atoms with Crippen molar-refractivity contribution in [1.29, 1.82) is 0 Å². The van der Waals surface area contributed by atoms with E-state index in [-0.39, 0.29) is 11.3 Å². The Morgan fingerprint density at radius 2 is 1.72 bits per heavy atom. The van der Waals surface area contributed by atoms with E-state index in [0.29, 0.717) is 5.69 Å². The first-order valence-electron chi connectivity index (χ1n) is 9.52. The van der Waals surface area contributed by atoms with Crippen molar-refractivity contribution in [2.75, 3.05) is 19.0 Å². The van der Waals surface area contributed by atoms with Crippen molar-refractivity contribution in [3.8, 4) is 5.69 Å². The predicted molar refractivity (Wildman–Crippen MR) is 118 cm³/mol. The highest BCUT2D eigenvalue weighted by Crippen LogP contribution is 2.23. The number of nitrogens with zero attached hydrogens (tertiary/aromatic N) is 4. The Morgan fingerprint density at radius 1 is 1.07 bits per heavy atom. The van der Waals surface area contributed by atoms with E-state index in [4.69, 9.17) is 0 Å². The summed E-state index contributed by atoms with van der Waals surface area (Å²) in [5.74, 6) is -0.307. The Kier molecular flexibility index (Phi) is 5.82. The molecule has 0 radical (unpaired) electrons. The van der Waals surface area contributed by atoms with E-state index < -0.39 is 0 Å². The van der Waals surface area contributed by atoms with Crippen LogP contribution in [0.15, 0.2) is 65.8 Å². The maximum atomic E-state index is 12.8. The maximum absolute atomic E-state index is 12.8. The summed E-state index contributed by atoms with van der Waals surface area (Å²) in [6.07, 6.45) is 1.63. The molecule has 2 aromatic carbocycles. The molecule has 29 heavy (non-hydrogen) atoms. The fourth-order valence-corrected chi connectivity index (χ4v) is 2.76. The molecule has 0 fully saturated rings.